The Bertz CT molecular complexity index is 1980. The van der Waals surface area contributed by atoms with Crippen molar-refractivity contribution in [2.45, 2.75) is 12.6 Å². The van der Waals surface area contributed by atoms with E-state index in [9.17, 15) is 9.90 Å². The summed E-state index contributed by atoms with van der Waals surface area (Å²) in [6.45, 7) is 3.69. The third-order valence-corrected chi connectivity index (χ3v) is 8.63. The molecule has 222 valence electrons. The van der Waals surface area contributed by atoms with Gasteiger partial charge in [0.2, 0.25) is 0 Å². The molecule has 1 aliphatic heterocycles. The lowest BCUT2D eigenvalue weighted by Gasteiger charge is -2.39. The number of hydrogen-bond donors (Lipinski definition) is 1. The lowest BCUT2D eigenvalue weighted by molar-refractivity contribution is 0.0601. The average molecular weight is 588 g/mol. The first-order chi connectivity index (χ1) is 21.5. The smallest absolute Gasteiger partial charge is 0.341 e. The van der Waals surface area contributed by atoms with Crippen LogP contribution in [0.3, 0.4) is 0 Å². The lowest BCUT2D eigenvalue weighted by Crippen LogP contribution is -2.46. The highest BCUT2D eigenvalue weighted by molar-refractivity contribution is 6.16. The molecule has 0 amide bonds. The van der Waals surface area contributed by atoms with Crippen LogP contribution in [0.4, 0.5) is 0 Å². The second-order valence-electron chi connectivity index (χ2n) is 11.3. The number of carbonyl (C=O) groups is 1. The molecule has 0 bridgehead atoms. The molecule has 1 unspecified atom stereocenters. The number of likely N-dealkylation sites (N-methyl/N-ethyl adjacent to an activating group) is 1. The van der Waals surface area contributed by atoms with E-state index in [1.54, 1.807) is 12.4 Å². The Kier molecular flexibility index (Phi) is 7.37. The zero-order valence-corrected chi connectivity index (χ0v) is 24.7. The quantitative estimate of drug-likeness (QED) is 0.211. The summed E-state index contributed by atoms with van der Waals surface area (Å²) in [5, 5.41) is 16.3. The molecule has 4 aromatic carbocycles. The van der Waals surface area contributed by atoms with Gasteiger partial charge in [-0.05, 0) is 65.3 Å². The number of phenols is 1. The predicted octanol–water partition coefficient (Wildman–Crippen LogP) is 6.54. The molecule has 8 nitrogen and oxygen atoms in total. The van der Waals surface area contributed by atoms with Crippen molar-refractivity contribution in [2.24, 2.45) is 0 Å². The summed E-state index contributed by atoms with van der Waals surface area (Å²) in [6.07, 6.45) is 4.93. The largest absolute Gasteiger partial charge is 0.507 e. The number of fused-ring (bicyclic) bond motifs is 4. The zero-order chi connectivity index (χ0) is 30.2. The van der Waals surface area contributed by atoms with E-state index < -0.39 is 5.97 Å². The van der Waals surface area contributed by atoms with E-state index in [0.717, 1.165) is 42.7 Å². The van der Waals surface area contributed by atoms with E-state index >= 15 is 0 Å². The van der Waals surface area contributed by atoms with Crippen molar-refractivity contribution < 1.29 is 23.8 Å². The van der Waals surface area contributed by atoms with Gasteiger partial charge in [-0.15, -0.1) is 0 Å². The highest BCUT2D eigenvalue weighted by Gasteiger charge is 2.33. The third-order valence-electron chi connectivity index (χ3n) is 8.63. The Hall–Kier alpha value is -4.92. The molecule has 1 fully saturated rings. The third kappa shape index (κ3) is 5.02. The fourth-order valence-electron chi connectivity index (χ4n) is 6.30. The fraction of sp³-hybridized carbons (Fsp3) is 0.222. The van der Waals surface area contributed by atoms with Crippen molar-refractivity contribution in [3.05, 3.63) is 114 Å². The predicted molar refractivity (Wildman–Crippen MR) is 170 cm³/mol. The topological polar surface area (TPSA) is 88.3 Å². The molecular weight excluding hydrogens is 554 g/mol. The van der Waals surface area contributed by atoms with E-state index in [-0.39, 0.29) is 17.4 Å². The maximum Gasteiger partial charge on any atom is 0.341 e. The Morgan fingerprint density at radius 1 is 0.955 bits per heavy atom. The zero-order valence-electron chi connectivity index (χ0n) is 24.7. The number of furan rings is 1. The number of benzene rings is 4. The van der Waals surface area contributed by atoms with Crippen molar-refractivity contribution in [1.29, 1.82) is 0 Å². The van der Waals surface area contributed by atoms with E-state index in [2.05, 4.69) is 52.2 Å². The number of rotatable bonds is 7. The van der Waals surface area contributed by atoms with Gasteiger partial charge in [0.1, 0.15) is 35.5 Å². The summed E-state index contributed by atoms with van der Waals surface area (Å²) in [6, 6.07) is 23.7. The number of methoxy groups -OCH3 is 1. The molecule has 1 saturated heterocycles. The van der Waals surface area contributed by atoms with Crippen LogP contribution in [0.2, 0.25) is 0 Å². The van der Waals surface area contributed by atoms with Gasteiger partial charge in [0, 0.05) is 60.3 Å². The van der Waals surface area contributed by atoms with Gasteiger partial charge < -0.3 is 23.9 Å². The summed E-state index contributed by atoms with van der Waals surface area (Å²) in [5.74, 6) is 0.174. The molecule has 8 heteroatoms. The van der Waals surface area contributed by atoms with Gasteiger partial charge in [-0.2, -0.15) is 0 Å². The van der Waals surface area contributed by atoms with Gasteiger partial charge in [0.15, 0.2) is 0 Å². The summed E-state index contributed by atoms with van der Waals surface area (Å²) in [4.78, 5) is 21.9. The molecule has 6 aromatic rings. The average Bonchev–Trinajstić information content (AvgIpc) is 3.51. The number of aromatic hydroxyl groups is 1. The number of aromatic nitrogens is 1. The van der Waals surface area contributed by atoms with E-state index in [4.69, 9.17) is 13.9 Å². The molecule has 0 aliphatic carbocycles. The van der Waals surface area contributed by atoms with Gasteiger partial charge in [-0.1, -0.05) is 36.4 Å². The molecule has 1 N–H and O–H groups in total. The standard InChI is InChI=1S/C36H33N3O5/c1-38-15-17-39(18-16-38)33(25-11-13-37-14-12-25)32-31-30(36(41)42-2)22-44-35(31)28-10-9-27(20-29(28)34(32)40)43-21-23-7-8-24-5-3-4-6-26(24)19-23/h3-14,19-20,22,33,40H,15-18,21H2,1-2H3. The number of nitrogens with zero attached hydrogens (tertiary/aromatic N) is 3. The summed E-state index contributed by atoms with van der Waals surface area (Å²) >= 11 is 0. The van der Waals surface area contributed by atoms with Crippen LogP contribution < -0.4 is 4.74 Å². The maximum atomic E-state index is 13.0. The Morgan fingerprint density at radius 3 is 2.50 bits per heavy atom. The number of pyridine rings is 1. The van der Waals surface area contributed by atoms with Crippen LogP contribution in [-0.2, 0) is 11.3 Å². The highest BCUT2D eigenvalue weighted by atomic mass is 16.5. The normalized spacial score (nSPS) is 15.1. The highest BCUT2D eigenvalue weighted by Crippen LogP contribution is 2.47. The number of phenolic OH excluding ortho intramolecular Hbond substituents is 1. The fourth-order valence-corrected chi connectivity index (χ4v) is 6.30. The molecule has 0 radical (unpaired) electrons. The molecule has 1 atom stereocenters. The van der Waals surface area contributed by atoms with Crippen molar-refractivity contribution in [2.75, 3.05) is 40.3 Å². The van der Waals surface area contributed by atoms with Crippen LogP contribution in [0.1, 0.15) is 33.1 Å². The van der Waals surface area contributed by atoms with E-state index in [1.807, 2.05) is 42.5 Å². The number of piperazine rings is 1. The molecular formula is C36H33N3O5. The van der Waals surface area contributed by atoms with E-state index in [0.29, 0.717) is 39.7 Å². The Labute approximate surface area is 255 Å². The molecule has 1 aliphatic rings. The van der Waals surface area contributed by atoms with Crippen LogP contribution in [0.25, 0.3) is 32.5 Å². The van der Waals surface area contributed by atoms with Crippen molar-refractivity contribution in [3.8, 4) is 11.5 Å². The molecule has 0 spiro atoms. The SMILES string of the molecule is COC(=O)c1coc2c1c(C(c1ccncc1)N1CCN(C)CC1)c(O)c1cc(OCc3ccc4ccccc4c3)ccc12. The van der Waals surface area contributed by atoms with Crippen LogP contribution in [0.5, 0.6) is 11.5 Å². The molecule has 7 rings (SSSR count). The second kappa shape index (κ2) is 11.6. The van der Waals surface area contributed by atoms with Gasteiger partial charge in [0.25, 0.3) is 0 Å². The van der Waals surface area contributed by atoms with E-state index in [1.165, 1.54) is 18.8 Å². The van der Waals surface area contributed by atoms with Gasteiger partial charge in [-0.25, -0.2) is 4.79 Å². The lowest BCUT2D eigenvalue weighted by atomic mass is 9.89. The van der Waals surface area contributed by atoms with Gasteiger partial charge in [0.05, 0.1) is 13.2 Å². The van der Waals surface area contributed by atoms with Crippen LogP contribution >= 0.6 is 0 Å². The molecule has 3 heterocycles. The minimum Gasteiger partial charge on any atom is -0.507 e. The van der Waals surface area contributed by atoms with Crippen LogP contribution in [0, 0.1) is 0 Å². The molecule has 44 heavy (non-hydrogen) atoms. The monoisotopic (exact) mass is 587 g/mol. The first-order valence-electron chi connectivity index (χ1n) is 14.7. The number of esters is 1. The van der Waals surface area contributed by atoms with Crippen molar-refractivity contribution >= 4 is 38.5 Å². The number of hydrogen-bond acceptors (Lipinski definition) is 8. The molecule has 2 aromatic heterocycles. The Balaban J connectivity index is 1.37. The second-order valence-corrected chi connectivity index (χ2v) is 11.3. The van der Waals surface area contributed by atoms with Crippen molar-refractivity contribution in [1.82, 2.24) is 14.8 Å². The van der Waals surface area contributed by atoms with Crippen LogP contribution in [-0.4, -0.2) is 66.2 Å². The maximum absolute atomic E-state index is 13.0. The Morgan fingerprint density at radius 2 is 1.73 bits per heavy atom. The number of carbonyl (C=O) groups excluding carboxylic acids is 1. The number of ether oxygens (including phenoxy) is 2. The van der Waals surface area contributed by atoms with Crippen LogP contribution in [0.15, 0.2) is 95.9 Å². The van der Waals surface area contributed by atoms with Gasteiger partial charge in [-0.3, -0.25) is 9.88 Å². The van der Waals surface area contributed by atoms with Gasteiger partial charge >= 0.3 is 5.97 Å². The minimum atomic E-state index is -0.522. The van der Waals surface area contributed by atoms with Crippen molar-refractivity contribution in [3.63, 3.8) is 0 Å². The summed E-state index contributed by atoms with van der Waals surface area (Å²) in [7, 11) is 3.46. The first kappa shape index (κ1) is 27.9. The summed E-state index contributed by atoms with van der Waals surface area (Å²) in [5.41, 5.74) is 3.40. The molecule has 0 saturated carbocycles. The first-order valence-corrected chi connectivity index (χ1v) is 14.7. The summed E-state index contributed by atoms with van der Waals surface area (Å²) < 4.78 is 17.5. The minimum absolute atomic E-state index is 0.0796.